The lowest BCUT2D eigenvalue weighted by Crippen LogP contribution is -1.93. The molecule has 3 aromatic rings. The lowest BCUT2D eigenvalue weighted by atomic mass is 10.0. The third-order valence-corrected chi connectivity index (χ3v) is 3.21. The van der Waals surface area contributed by atoms with E-state index in [-0.39, 0.29) is 0 Å². The molecule has 0 fully saturated rings. The van der Waals surface area contributed by atoms with Crippen LogP contribution in [-0.4, -0.2) is 6.21 Å². The zero-order chi connectivity index (χ0) is 14.3. The number of para-hydroxylation sites is 1. The van der Waals surface area contributed by atoms with Crippen molar-refractivity contribution < 1.29 is 0 Å². The number of rotatable bonds is 4. The van der Waals surface area contributed by atoms with Gasteiger partial charge in [0.15, 0.2) is 0 Å². The third kappa shape index (κ3) is 3.37. The van der Waals surface area contributed by atoms with E-state index >= 15 is 0 Å². The van der Waals surface area contributed by atoms with Gasteiger partial charge in [-0.1, -0.05) is 78.9 Å². The SMILES string of the molecule is C(=NNc1ccccc1-c1ccccc1)c1ccccc1. The standard InChI is InChI=1S/C19H16N2/c1-3-9-16(10-4-1)15-20-21-19-14-8-7-13-18(19)17-11-5-2-6-12-17/h1-15,21H. The maximum atomic E-state index is 4.32. The normalized spacial score (nSPS) is 10.7. The first-order chi connectivity index (χ1) is 10.4. The predicted molar refractivity (Wildman–Crippen MR) is 89.5 cm³/mol. The summed E-state index contributed by atoms with van der Waals surface area (Å²) < 4.78 is 0. The van der Waals surface area contributed by atoms with Crippen molar-refractivity contribution in [3.8, 4) is 11.1 Å². The molecule has 0 heterocycles. The summed E-state index contributed by atoms with van der Waals surface area (Å²) in [5, 5.41) is 4.32. The molecule has 0 bridgehead atoms. The molecule has 102 valence electrons. The van der Waals surface area contributed by atoms with E-state index in [0.29, 0.717) is 0 Å². The molecular weight excluding hydrogens is 256 g/mol. The van der Waals surface area contributed by atoms with Crippen molar-refractivity contribution in [1.29, 1.82) is 0 Å². The molecule has 0 aromatic heterocycles. The highest BCUT2D eigenvalue weighted by Crippen LogP contribution is 2.27. The van der Waals surface area contributed by atoms with Gasteiger partial charge >= 0.3 is 0 Å². The van der Waals surface area contributed by atoms with E-state index in [1.807, 2.05) is 72.9 Å². The Labute approximate surface area is 124 Å². The Kier molecular flexibility index (Phi) is 4.08. The van der Waals surface area contributed by atoms with Crippen LogP contribution in [0, 0.1) is 0 Å². The second-order valence-corrected chi connectivity index (χ2v) is 4.69. The third-order valence-electron chi connectivity index (χ3n) is 3.21. The second-order valence-electron chi connectivity index (χ2n) is 4.69. The van der Waals surface area contributed by atoms with Crippen LogP contribution in [-0.2, 0) is 0 Å². The van der Waals surface area contributed by atoms with Crippen molar-refractivity contribution in [2.75, 3.05) is 5.43 Å². The molecule has 0 aliphatic rings. The maximum absolute atomic E-state index is 4.32. The van der Waals surface area contributed by atoms with Crippen LogP contribution in [0.4, 0.5) is 5.69 Å². The van der Waals surface area contributed by atoms with Crippen molar-refractivity contribution in [2.45, 2.75) is 0 Å². The molecule has 0 spiro atoms. The van der Waals surface area contributed by atoms with Gasteiger partial charge in [-0.2, -0.15) is 5.10 Å². The van der Waals surface area contributed by atoms with Crippen molar-refractivity contribution >= 4 is 11.9 Å². The van der Waals surface area contributed by atoms with Crippen molar-refractivity contribution in [2.24, 2.45) is 5.10 Å². The summed E-state index contributed by atoms with van der Waals surface area (Å²) in [4.78, 5) is 0. The molecule has 0 saturated carbocycles. The maximum Gasteiger partial charge on any atom is 0.0640 e. The van der Waals surface area contributed by atoms with Crippen molar-refractivity contribution in [3.05, 3.63) is 90.5 Å². The molecule has 0 atom stereocenters. The number of anilines is 1. The molecule has 0 amide bonds. The lowest BCUT2D eigenvalue weighted by Gasteiger charge is -2.08. The van der Waals surface area contributed by atoms with Gasteiger partial charge in [0.05, 0.1) is 11.9 Å². The van der Waals surface area contributed by atoms with Gasteiger partial charge in [0.2, 0.25) is 0 Å². The number of hydrazone groups is 1. The van der Waals surface area contributed by atoms with Crippen LogP contribution >= 0.6 is 0 Å². The quantitative estimate of drug-likeness (QED) is 0.535. The Bertz CT molecular complexity index is 719. The zero-order valence-electron chi connectivity index (χ0n) is 11.6. The molecule has 2 heteroatoms. The molecule has 3 rings (SSSR count). The summed E-state index contributed by atoms with van der Waals surface area (Å²) in [6, 6.07) is 28.5. The Morgan fingerprint density at radius 2 is 1.29 bits per heavy atom. The lowest BCUT2D eigenvalue weighted by molar-refractivity contribution is 1.35. The molecule has 2 nitrogen and oxygen atoms in total. The van der Waals surface area contributed by atoms with Crippen LogP contribution in [0.3, 0.4) is 0 Å². The largest absolute Gasteiger partial charge is 0.278 e. The van der Waals surface area contributed by atoms with Crippen molar-refractivity contribution in [1.82, 2.24) is 0 Å². The van der Waals surface area contributed by atoms with Gasteiger partial charge in [-0.05, 0) is 17.2 Å². The van der Waals surface area contributed by atoms with Gasteiger partial charge in [0.25, 0.3) is 0 Å². The number of nitrogens with zero attached hydrogens (tertiary/aromatic N) is 1. The van der Waals surface area contributed by atoms with E-state index in [1.165, 1.54) is 5.56 Å². The summed E-state index contributed by atoms with van der Waals surface area (Å²) in [5.74, 6) is 0. The Hall–Kier alpha value is -2.87. The first-order valence-corrected chi connectivity index (χ1v) is 6.92. The first kappa shape index (κ1) is 13.1. The molecule has 21 heavy (non-hydrogen) atoms. The van der Waals surface area contributed by atoms with E-state index in [0.717, 1.165) is 16.8 Å². The second kappa shape index (κ2) is 6.53. The van der Waals surface area contributed by atoms with Crippen LogP contribution in [0.1, 0.15) is 5.56 Å². The fourth-order valence-corrected chi connectivity index (χ4v) is 2.17. The highest BCUT2D eigenvalue weighted by Gasteiger charge is 2.02. The average molecular weight is 272 g/mol. The summed E-state index contributed by atoms with van der Waals surface area (Å²) in [7, 11) is 0. The minimum Gasteiger partial charge on any atom is -0.278 e. The Balaban J connectivity index is 1.82. The van der Waals surface area contributed by atoms with E-state index in [2.05, 4.69) is 28.7 Å². The van der Waals surface area contributed by atoms with Crippen LogP contribution in [0.5, 0.6) is 0 Å². The molecule has 3 aromatic carbocycles. The minimum absolute atomic E-state index is 0.996. The molecule has 0 aliphatic heterocycles. The summed E-state index contributed by atoms with van der Waals surface area (Å²) in [6.07, 6.45) is 1.82. The van der Waals surface area contributed by atoms with Gasteiger partial charge in [0, 0.05) is 5.56 Å². The molecule has 1 N–H and O–H groups in total. The Morgan fingerprint density at radius 3 is 2.05 bits per heavy atom. The Morgan fingerprint density at radius 1 is 0.667 bits per heavy atom. The minimum atomic E-state index is 0.996. The summed E-state index contributed by atoms with van der Waals surface area (Å²) >= 11 is 0. The number of hydrogen-bond donors (Lipinski definition) is 1. The zero-order valence-corrected chi connectivity index (χ0v) is 11.6. The highest BCUT2D eigenvalue weighted by atomic mass is 15.3. The number of nitrogens with one attached hydrogen (secondary N) is 1. The van der Waals surface area contributed by atoms with Crippen LogP contribution in [0.25, 0.3) is 11.1 Å². The van der Waals surface area contributed by atoms with Crippen LogP contribution in [0.15, 0.2) is 90.0 Å². The average Bonchev–Trinajstić information content (AvgIpc) is 2.57. The summed E-state index contributed by atoms with van der Waals surface area (Å²) in [5.41, 5.74) is 7.52. The van der Waals surface area contributed by atoms with Crippen LogP contribution < -0.4 is 5.43 Å². The van der Waals surface area contributed by atoms with E-state index in [1.54, 1.807) is 0 Å². The van der Waals surface area contributed by atoms with Gasteiger partial charge < -0.3 is 0 Å². The monoisotopic (exact) mass is 272 g/mol. The molecule has 0 radical (unpaired) electrons. The van der Waals surface area contributed by atoms with E-state index in [4.69, 9.17) is 0 Å². The predicted octanol–water partition coefficient (Wildman–Crippen LogP) is 4.80. The number of benzene rings is 3. The smallest absolute Gasteiger partial charge is 0.0640 e. The molecule has 0 saturated heterocycles. The fraction of sp³-hybridized carbons (Fsp3) is 0. The number of hydrogen-bond acceptors (Lipinski definition) is 2. The van der Waals surface area contributed by atoms with Gasteiger partial charge in [-0.25, -0.2) is 0 Å². The molecule has 0 unspecified atom stereocenters. The topological polar surface area (TPSA) is 24.4 Å². The van der Waals surface area contributed by atoms with Gasteiger partial charge in [-0.15, -0.1) is 0 Å². The molecular formula is C19H16N2. The van der Waals surface area contributed by atoms with E-state index < -0.39 is 0 Å². The fourth-order valence-electron chi connectivity index (χ4n) is 2.17. The van der Waals surface area contributed by atoms with Crippen molar-refractivity contribution in [3.63, 3.8) is 0 Å². The highest BCUT2D eigenvalue weighted by molar-refractivity contribution is 5.82. The molecule has 0 aliphatic carbocycles. The van der Waals surface area contributed by atoms with Gasteiger partial charge in [-0.3, -0.25) is 5.43 Å². The van der Waals surface area contributed by atoms with E-state index in [9.17, 15) is 0 Å². The summed E-state index contributed by atoms with van der Waals surface area (Å²) in [6.45, 7) is 0. The van der Waals surface area contributed by atoms with Gasteiger partial charge in [0.1, 0.15) is 0 Å². The first-order valence-electron chi connectivity index (χ1n) is 6.92. The van der Waals surface area contributed by atoms with Crippen LogP contribution in [0.2, 0.25) is 0 Å².